The predicted octanol–water partition coefficient (Wildman–Crippen LogP) is 1.34. The summed E-state index contributed by atoms with van der Waals surface area (Å²) in [6.07, 6.45) is 2.30. The van der Waals surface area contributed by atoms with E-state index in [1.54, 1.807) is 17.2 Å². The molecular weight excluding hydrogens is 332 g/mol. The minimum absolute atomic E-state index is 0.0391. The van der Waals surface area contributed by atoms with Gasteiger partial charge in [-0.1, -0.05) is 36.4 Å². The van der Waals surface area contributed by atoms with E-state index < -0.39 is 17.2 Å². The number of nitrogens with zero attached hydrogens (tertiary/aromatic N) is 2. The Bertz CT molecular complexity index is 952. The van der Waals surface area contributed by atoms with Gasteiger partial charge in [0.05, 0.1) is 12.2 Å². The molecule has 0 unspecified atom stereocenters. The van der Waals surface area contributed by atoms with Gasteiger partial charge in [0.15, 0.2) is 0 Å². The predicted molar refractivity (Wildman–Crippen MR) is 96.8 cm³/mol. The van der Waals surface area contributed by atoms with Gasteiger partial charge >= 0.3 is 5.69 Å². The molecule has 1 amide bonds. The topological polar surface area (TPSA) is 98.9 Å². The average molecular weight is 350 g/mol. The summed E-state index contributed by atoms with van der Waals surface area (Å²) in [4.78, 5) is 46.1. The number of aromatic amines is 2. The molecule has 0 aliphatic heterocycles. The second kappa shape index (κ2) is 8.06. The maximum Gasteiger partial charge on any atom is 0.326 e. The molecule has 0 spiro atoms. The maximum atomic E-state index is 12.9. The van der Waals surface area contributed by atoms with Crippen LogP contribution >= 0.6 is 0 Å². The van der Waals surface area contributed by atoms with Crippen LogP contribution in [0.2, 0.25) is 0 Å². The van der Waals surface area contributed by atoms with Crippen LogP contribution in [0.15, 0.2) is 70.4 Å². The smallest absolute Gasteiger partial charge is 0.326 e. The van der Waals surface area contributed by atoms with Crippen LogP contribution in [0, 0.1) is 0 Å². The van der Waals surface area contributed by atoms with E-state index >= 15 is 0 Å². The highest BCUT2D eigenvalue weighted by molar-refractivity contribution is 5.92. The number of hydrogen-bond donors (Lipinski definition) is 2. The second-order valence-electron chi connectivity index (χ2n) is 5.78. The number of benzene rings is 1. The van der Waals surface area contributed by atoms with E-state index in [9.17, 15) is 14.4 Å². The van der Waals surface area contributed by atoms with E-state index in [0.29, 0.717) is 13.0 Å². The fraction of sp³-hybridized carbons (Fsp3) is 0.158. The van der Waals surface area contributed by atoms with Gasteiger partial charge in [-0.3, -0.25) is 19.6 Å². The van der Waals surface area contributed by atoms with Gasteiger partial charge in [-0.15, -0.1) is 0 Å². The summed E-state index contributed by atoms with van der Waals surface area (Å²) in [6, 6.07) is 16.3. The number of hydrogen-bond acceptors (Lipinski definition) is 4. The van der Waals surface area contributed by atoms with Gasteiger partial charge in [-0.2, -0.15) is 0 Å². The maximum absolute atomic E-state index is 12.9. The monoisotopic (exact) mass is 350 g/mol. The van der Waals surface area contributed by atoms with E-state index in [-0.39, 0.29) is 12.2 Å². The molecule has 3 aromatic rings. The van der Waals surface area contributed by atoms with Gasteiger partial charge in [0, 0.05) is 18.8 Å². The minimum atomic E-state index is -0.707. The molecule has 0 fully saturated rings. The van der Waals surface area contributed by atoms with E-state index in [0.717, 1.165) is 17.3 Å². The van der Waals surface area contributed by atoms with Crippen LogP contribution in [0.1, 0.15) is 21.7 Å². The van der Waals surface area contributed by atoms with Crippen molar-refractivity contribution in [3.8, 4) is 0 Å². The van der Waals surface area contributed by atoms with Crippen molar-refractivity contribution in [3.05, 3.63) is 98.6 Å². The van der Waals surface area contributed by atoms with Gasteiger partial charge in [0.1, 0.15) is 5.69 Å². The molecule has 0 saturated heterocycles. The van der Waals surface area contributed by atoms with Crippen LogP contribution in [-0.4, -0.2) is 32.3 Å². The van der Waals surface area contributed by atoms with Crippen LogP contribution in [0.5, 0.6) is 0 Å². The molecule has 2 aromatic heterocycles. The number of H-pyrrole nitrogens is 2. The van der Waals surface area contributed by atoms with Crippen molar-refractivity contribution in [2.24, 2.45) is 0 Å². The van der Waals surface area contributed by atoms with Crippen molar-refractivity contribution < 1.29 is 4.79 Å². The zero-order valence-corrected chi connectivity index (χ0v) is 14.0. The Morgan fingerprint density at radius 3 is 2.46 bits per heavy atom. The first-order chi connectivity index (χ1) is 12.6. The molecule has 3 rings (SSSR count). The summed E-state index contributed by atoms with van der Waals surface area (Å²) in [6.45, 7) is 0.704. The highest BCUT2D eigenvalue weighted by Crippen LogP contribution is 2.08. The fourth-order valence-electron chi connectivity index (χ4n) is 2.60. The molecule has 0 aliphatic rings. The van der Waals surface area contributed by atoms with Crippen LogP contribution in [0.25, 0.3) is 0 Å². The number of pyridine rings is 1. The van der Waals surface area contributed by atoms with Crippen molar-refractivity contribution in [1.29, 1.82) is 0 Å². The summed E-state index contributed by atoms with van der Waals surface area (Å²) in [5.74, 6) is -0.421. The molecule has 2 N–H and O–H groups in total. The lowest BCUT2D eigenvalue weighted by atomic mass is 10.1. The van der Waals surface area contributed by atoms with Crippen molar-refractivity contribution in [2.45, 2.75) is 13.0 Å². The fourth-order valence-corrected chi connectivity index (χ4v) is 2.60. The second-order valence-corrected chi connectivity index (χ2v) is 5.78. The first-order valence-corrected chi connectivity index (χ1v) is 8.18. The van der Waals surface area contributed by atoms with Gasteiger partial charge in [0.2, 0.25) is 0 Å². The average Bonchev–Trinajstić information content (AvgIpc) is 2.65. The minimum Gasteiger partial charge on any atom is -0.331 e. The molecule has 0 radical (unpaired) electrons. The molecular formula is C19H18N4O3. The Morgan fingerprint density at radius 2 is 1.77 bits per heavy atom. The Kier molecular flexibility index (Phi) is 5.38. The van der Waals surface area contributed by atoms with Crippen molar-refractivity contribution >= 4 is 5.91 Å². The van der Waals surface area contributed by atoms with Gasteiger partial charge < -0.3 is 9.88 Å². The van der Waals surface area contributed by atoms with Crippen molar-refractivity contribution in [2.75, 3.05) is 6.54 Å². The first-order valence-electron chi connectivity index (χ1n) is 8.18. The largest absolute Gasteiger partial charge is 0.331 e. The lowest BCUT2D eigenvalue weighted by molar-refractivity contribution is 0.0736. The van der Waals surface area contributed by atoms with E-state index in [1.165, 1.54) is 0 Å². The highest BCUT2D eigenvalue weighted by Gasteiger charge is 2.18. The summed E-state index contributed by atoms with van der Waals surface area (Å²) in [7, 11) is 0. The Hall–Kier alpha value is -3.48. The molecule has 7 heteroatoms. The van der Waals surface area contributed by atoms with Crippen molar-refractivity contribution in [3.63, 3.8) is 0 Å². The van der Waals surface area contributed by atoms with Crippen LogP contribution < -0.4 is 11.2 Å². The number of carbonyl (C=O) groups is 1. The number of amides is 1. The van der Waals surface area contributed by atoms with Crippen LogP contribution in [0.4, 0.5) is 0 Å². The number of nitrogens with one attached hydrogen (secondary N) is 2. The van der Waals surface area contributed by atoms with Gasteiger partial charge in [-0.05, 0) is 24.1 Å². The zero-order valence-electron chi connectivity index (χ0n) is 14.0. The Balaban J connectivity index is 1.84. The summed E-state index contributed by atoms with van der Waals surface area (Å²) in [5, 5.41) is 0. The van der Waals surface area contributed by atoms with Gasteiger partial charge in [0.25, 0.3) is 11.5 Å². The first kappa shape index (κ1) is 17.3. The summed E-state index contributed by atoms with van der Waals surface area (Å²) < 4.78 is 0. The third-order valence-electron chi connectivity index (χ3n) is 3.87. The SMILES string of the molecule is O=C(c1cc(=O)[nH]c(=O)[nH]1)N(CCc1ccccc1)Cc1ccccn1. The molecule has 0 aliphatic carbocycles. The van der Waals surface area contributed by atoms with Crippen molar-refractivity contribution in [1.82, 2.24) is 19.9 Å². The third-order valence-corrected chi connectivity index (χ3v) is 3.87. The zero-order chi connectivity index (χ0) is 18.4. The molecule has 0 saturated carbocycles. The number of rotatable bonds is 6. The van der Waals surface area contributed by atoms with E-state index in [1.807, 2.05) is 42.5 Å². The molecule has 7 nitrogen and oxygen atoms in total. The van der Waals surface area contributed by atoms with Gasteiger partial charge in [-0.25, -0.2) is 4.79 Å². The van der Waals surface area contributed by atoms with E-state index in [2.05, 4.69) is 15.0 Å². The molecule has 0 atom stereocenters. The molecule has 1 aromatic carbocycles. The lowest BCUT2D eigenvalue weighted by Gasteiger charge is -2.22. The lowest BCUT2D eigenvalue weighted by Crippen LogP contribution is -2.36. The quantitative estimate of drug-likeness (QED) is 0.701. The third kappa shape index (κ3) is 4.54. The van der Waals surface area contributed by atoms with Crippen LogP contribution in [-0.2, 0) is 13.0 Å². The van der Waals surface area contributed by atoms with Crippen LogP contribution in [0.3, 0.4) is 0 Å². The molecule has 26 heavy (non-hydrogen) atoms. The highest BCUT2D eigenvalue weighted by atomic mass is 16.2. The summed E-state index contributed by atoms with van der Waals surface area (Å²) >= 11 is 0. The molecule has 0 bridgehead atoms. The number of carbonyl (C=O) groups excluding carboxylic acids is 1. The summed E-state index contributed by atoms with van der Waals surface area (Å²) in [5.41, 5.74) is 0.453. The molecule has 2 heterocycles. The normalized spacial score (nSPS) is 10.5. The Labute approximate surface area is 149 Å². The molecule has 132 valence electrons. The number of aromatic nitrogens is 3. The Morgan fingerprint density at radius 1 is 1.00 bits per heavy atom. The standard InChI is InChI=1S/C19H18N4O3/c24-17-12-16(21-19(26)22-17)18(25)23(13-15-8-4-5-10-20-15)11-9-14-6-2-1-3-7-14/h1-8,10,12H,9,11,13H2,(H2,21,22,24,26). The van der Waals surface area contributed by atoms with E-state index in [4.69, 9.17) is 0 Å².